The molecule has 1 N–H and O–H groups in total. The largest absolute Gasteiger partial charge is 0.279 e. The summed E-state index contributed by atoms with van der Waals surface area (Å²) in [5, 5.41) is 0.638. The van der Waals surface area contributed by atoms with Crippen molar-refractivity contribution in [2.75, 3.05) is 4.72 Å². The normalized spacial score (nSPS) is 11.3. The zero-order valence-corrected chi connectivity index (χ0v) is 12.4. The Labute approximate surface area is 125 Å². The second-order valence-electron chi connectivity index (χ2n) is 3.55. The summed E-state index contributed by atoms with van der Waals surface area (Å²) in [6.45, 7) is 0. The van der Waals surface area contributed by atoms with Crippen LogP contribution in [0.15, 0.2) is 41.4 Å². The Hall–Kier alpha value is -1.01. The van der Waals surface area contributed by atoms with Gasteiger partial charge in [-0.15, -0.1) is 0 Å². The second kappa shape index (κ2) is 5.54. The fourth-order valence-corrected chi connectivity index (χ4v) is 2.94. The summed E-state index contributed by atoms with van der Waals surface area (Å²) < 4.78 is 26.6. The molecule has 1 aromatic carbocycles. The first-order chi connectivity index (χ1) is 8.88. The predicted molar refractivity (Wildman–Crippen MR) is 76.5 cm³/mol. The second-order valence-corrected chi connectivity index (χ2v) is 6.43. The third-order valence-electron chi connectivity index (χ3n) is 2.18. The van der Waals surface area contributed by atoms with Crippen molar-refractivity contribution < 1.29 is 8.42 Å². The third-order valence-corrected chi connectivity index (χ3v) is 4.50. The van der Waals surface area contributed by atoms with Crippen LogP contribution in [-0.4, -0.2) is 13.4 Å². The first kappa shape index (κ1) is 14.4. The fraction of sp³-hybridized carbons (Fsp3) is 0. The van der Waals surface area contributed by atoms with Crippen LogP contribution in [-0.2, 0) is 10.0 Å². The fourth-order valence-electron chi connectivity index (χ4n) is 1.32. The highest BCUT2D eigenvalue weighted by atomic mass is 35.5. The topological polar surface area (TPSA) is 59.1 Å². The van der Waals surface area contributed by atoms with Crippen LogP contribution in [0.3, 0.4) is 0 Å². The van der Waals surface area contributed by atoms with Crippen molar-refractivity contribution in [2.45, 2.75) is 4.90 Å². The number of hydrogen-bond acceptors (Lipinski definition) is 3. The summed E-state index contributed by atoms with van der Waals surface area (Å²) in [5.74, 6) is 0. The highest BCUT2D eigenvalue weighted by molar-refractivity contribution is 7.92. The van der Waals surface area contributed by atoms with Gasteiger partial charge in [0.2, 0.25) is 0 Å². The molecule has 0 fully saturated rings. The maximum absolute atomic E-state index is 12.1. The van der Waals surface area contributed by atoms with Crippen molar-refractivity contribution in [3.8, 4) is 0 Å². The summed E-state index contributed by atoms with van der Waals surface area (Å²) >= 11 is 17.2. The van der Waals surface area contributed by atoms with Crippen molar-refractivity contribution in [1.29, 1.82) is 0 Å². The number of nitrogens with zero attached hydrogens (tertiary/aromatic N) is 1. The molecule has 100 valence electrons. The molecule has 0 saturated carbocycles. The molecule has 4 nitrogen and oxygen atoms in total. The number of rotatable bonds is 3. The van der Waals surface area contributed by atoms with Gasteiger partial charge in [-0.05, 0) is 30.3 Å². The maximum Gasteiger partial charge on any atom is 0.261 e. The van der Waals surface area contributed by atoms with Crippen LogP contribution in [0.2, 0.25) is 15.2 Å². The summed E-state index contributed by atoms with van der Waals surface area (Å²) in [6, 6.07) is 6.93. The number of pyridine rings is 1. The Morgan fingerprint density at radius 3 is 2.37 bits per heavy atom. The molecule has 1 heterocycles. The molecule has 0 radical (unpaired) electrons. The first-order valence-electron chi connectivity index (χ1n) is 4.98. The molecule has 0 atom stereocenters. The molecule has 8 heteroatoms. The summed E-state index contributed by atoms with van der Waals surface area (Å²) in [4.78, 5) is 3.77. The van der Waals surface area contributed by atoms with Crippen molar-refractivity contribution in [3.05, 3.63) is 51.7 Å². The van der Waals surface area contributed by atoms with Crippen molar-refractivity contribution >= 4 is 50.5 Å². The lowest BCUT2D eigenvalue weighted by Crippen LogP contribution is -2.12. The Balaban J connectivity index is 2.35. The molecule has 0 amide bonds. The van der Waals surface area contributed by atoms with E-state index in [9.17, 15) is 8.42 Å². The minimum atomic E-state index is -3.75. The monoisotopic (exact) mass is 336 g/mol. The zero-order chi connectivity index (χ0) is 14.0. The molecule has 0 aliphatic carbocycles. The molecule has 0 spiro atoms. The molecule has 0 aliphatic heterocycles. The van der Waals surface area contributed by atoms with Crippen LogP contribution < -0.4 is 4.72 Å². The van der Waals surface area contributed by atoms with E-state index in [4.69, 9.17) is 34.8 Å². The summed E-state index contributed by atoms with van der Waals surface area (Å²) in [7, 11) is -3.75. The lowest BCUT2D eigenvalue weighted by Gasteiger charge is -2.08. The van der Waals surface area contributed by atoms with Crippen LogP contribution in [0.25, 0.3) is 0 Å². The first-order valence-corrected chi connectivity index (χ1v) is 7.59. The van der Waals surface area contributed by atoms with Gasteiger partial charge in [0, 0.05) is 6.20 Å². The lowest BCUT2D eigenvalue weighted by atomic mass is 10.4. The van der Waals surface area contributed by atoms with Gasteiger partial charge in [0.1, 0.15) is 5.15 Å². The average molecular weight is 338 g/mol. The van der Waals surface area contributed by atoms with Gasteiger partial charge in [-0.2, -0.15) is 0 Å². The third kappa shape index (κ3) is 3.51. The van der Waals surface area contributed by atoms with Crippen LogP contribution in [0.5, 0.6) is 0 Å². The average Bonchev–Trinajstić information content (AvgIpc) is 2.32. The smallest absolute Gasteiger partial charge is 0.261 e. The lowest BCUT2D eigenvalue weighted by molar-refractivity contribution is 0.601. The van der Waals surface area contributed by atoms with E-state index in [-0.39, 0.29) is 20.1 Å². The Morgan fingerprint density at radius 2 is 1.74 bits per heavy atom. The molecule has 1 aromatic heterocycles. The minimum absolute atomic E-state index is 0.00911. The van der Waals surface area contributed by atoms with E-state index in [1.54, 1.807) is 0 Å². The van der Waals surface area contributed by atoms with E-state index < -0.39 is 10.0 Å². The number of hydrogen-bond donors (Lipinski definition) is 1. The minimum Gasteiger partial charge on any atom is -0.279 e. The van der Waals surface area contributed by atoms with Gasteiger partial charge in [0.25, 0.3) is 10.0 Å². The van der Waals surface area contributed by atoms with Crippen LogP contribution >= 0.6 is 34.8 Å². The molecular weight excluding hydrogens is 331 g/mol. The standard InChI is InChI=1S/C11H7Cl3N2O2S/c12-9-2-1-8(6-10(9)13)19(17,18)16-7-3-4-15-11(14)5-7/h1-6H,(H,15,16). The van der Waals surface area contributed by atoms with Gasteiger partial charge in [0.15, 0.2) is 0 Å². The highest BCUT2D eigenvalue weighted by Crippen LogP contribution is 2.26. The number of sulfonamides is 1. The van der Waals surface area contributed by atoms with Gasteiger partial charge >= 0.3 is 0 Å². The SMILES string of the molecule is O=S(=O)(Nc1ccnc(Cl)c1)c1ccc(Cl)c(Cl)c1. The molecule has 0 aliphatic rings. The van der Waals surface area contributed by atoms with Gasteiger partial charge in [0.05, 0.1) is 20.6 Å². The predicted octanol–water partition coefficient (Wildman–Crippen LogP) is 3.84. The van der Waals surface area contributed by atoms with Crippen molar-refractivity contribution in [1.82, 2.24) is 4.98 Å². The van der Waals surface area contributed by atoms with Gasteiger partial charge in [-0.3, -0.25) is 4.72 Å². The van der Waals surface area contributed by atoms with Crippen molar-refractivity contribution in [3.63, 3.8) is 0 Å². The van der Waals surface area contributed by atoms with Gasteiger partial charge in [-0.1, -0.05) is 34.8 Å². The Bertz CT molecular complexity index is 720. The Morgan fingerprint density at radius 1 is 1.00 bits per heavy atom. The van der Waals surface area contributed by atoms with E-state index >= 15 is 0 Å². The molecule has 2 rings (SSSR count). The van der Waals surface area contributed by atoms with E-state index in [0.29, 0.717) is 5.69 Å². The van der Waals surface area contributed by atoms with E-state index in [0.717, 1.165) is 0 Å². The molecular formula is C11H7Cl3N2O2S. The molecule has 2 aromatic rings. The molecule has 0 unspecified atom stereocenters. The van der Waals surface area contributed by atoms with Gasteiger partial charge in [-0.25, -0.2) is 13.4 Å². The highest BCUT2D eigenvalue weighted by Gasteiger charge is 2.15. The van der Waals surface area contributed by atoms with Crippen LogP contribution in [0.4, 0.5) is 5.69 Å². The molecule has 0 bridgehead atoms. The summed E-state index contributed by atoms with van der Waals surface area (Å²) in [5.41, 5.74) is 0.311. The zero-order valence-electron chi connectivity index (χ0n) is 9.27. The molecule has 19 heavy (non-hydrogen) atoms. The van der Waals surface area contributed by atoms with Crippen LogP contribution in [0, 0.1) is 0 Å². The Kier molecular flexibility index (Phi) is 4.20. The number of anilines is 1. The van der Waals surface area contributed by atoms with E-state index in [2.05, 4.69) is 9.71 Å². The number of nitrogens with one attached hydrogen (secondary N) is 1. The number of halogens is 3. The van der Waals surface area contributed by atoms with Gasteiger partial charge < -0.3 is 0 Å². The van der Waals surface area contributed by atoms with Crippen LogP contribution in [0.1, 0.15) is 0 Å². The quantitative estimate of drug-likeness (QED) is 0.866. The maximum atomic E-state index is 12.1. The van der Waals surface area contributed by atoms with Crippen molar-refractivity contribution in [2.24, 2.45) is 0 Å². The summed E-state index contributed by atoms with van der Waals surface area (Å²) in [6.07, 6.45) is 1.40. The van der Waals surface area contributed by atoms with E-state index in [1.807, 2.05) is 0 Å². The van der Waals surface area contributed by atoms with E-state index in [1.165, 1.54) is 36.5 Å². The molecule has 0 saturated heterocycles. The number of aromatic nitrogens is 1. The number of benzene rings is 1.